The largest absolute Gasteiger partial charge is 0.494 e. The van der Waals surface area contributed by atoms with Crippen LogP contribution in [0.1, 0.15) is 32.3 Å². The number of rotatable bonds is 7. The van der Waals surface area contributed by atoms with Crippen LogP contribution in [0.3, 0.4) is 0 Å². The Labute approximate surface area is 120 Å². The van der Waals surface area contributed by atoms with Crippen LogP contribution in [0.15, 0.2) is 18.2 Å². The minimum Gasteiger partial charge on any atom is -0.494 e. The predicted octanol–water partition coefficient (Wildman–Crippen LogP) is 2.68. The third kappa shape index (κ3) is 5.48. The van der Waals surface area contributed by atoms with Gasteiger partial charge in [-0.1, -0.05) is 6.92 Å². The number of nitrogens with one attached hydrogen (secondary N) is 2. The zero-order chi connectivity index (χ0) is 15.0. The highest BCUT2D eigenvalue weighted by Crippen LogP contribution is 2.21. The number of amides is 2. The molecule has 0 radical (unpaired) electrons. The van der Waals surface area contributed by atoms with Crippen molar-refractivity contribution >= 4 is 11.7 Å². The molecule has 1 rings (SSSR count). The molecule has 0 aliphatic carbocycles. The fourth-order valence-electron chi connectivity index (χ4n) is 1.78. The summed E-state index contributed by atoms with van der Waals surface area (Å²) in [6.45, 7) is 6.85. The molecule has 0 heterocycles. The van der Waals surface area contributed by atoms with Crippen LogP contribution in [0.4, 0.5) is 10.5 Å². The number of carbonyl (C=O) groups excluding carboxylic acids is 1. The molecule has 1 aromatic carbocycles. The molecular weight excluding hydrogens is 256 g/mol. The number of benzene rings is 1. The molecule has 1 atom stereocenters. The van der Waals surface area contributed by atoms with Gasteiger partial charge in [0.05, 0.1) is 12.7 Å². The Kier molecular flexibility index (Phi) is 6.87. The van der Waals surface area contributed by atoms with Gasteiger partial charge in [0.25, 0.3) is 0 Å². The number of carbonyl (C=O) groups is 1. The van der Waals surface area contributed by atoms with E-state index in [-0.39, 0.29) is 12.1 Å². The van der Waals surface area contributed by atoms with E-state index >= 15 is 0 Å². The van der Waals surface area contributed by atoms with E-state index in [4.69, 9.17) is 4.74 Å². The molecule has 5 nitrogen and oxygen atoms in total. The molecule has 1 aromatic rings. The van der Waals surface area contributed by atoms with Crippen molar-refractivity contribution in [2.24, 2.45) is 0 Å². The number of aliphatic hydroxyl groups excluding tert-OH is 1. The smallest absolute Gasteiger partial charge is 0.319 e. The van der Waals surface area contributed by atoms with Gasteiger partial charge < -0.3 is 20.5 Å². The van der Waals surface area contributed by atoms with E-state index in [2.05, 4.69) is 10.6 Å². The van der Waals surface area contributed by atoms with Gasteiger partial charge in [-0.2, -0.15) is 0 Å². The zero-order valence-electron chi connectivity index (χ0n) is 12.4. The van der Waals surface area contributed by atoms with Gasteiger partial charge in [0.15, 0.2) is 0 Å². The molecule has 0 bridgehead atoms. The maximum absolute atomic E-state index is 11.7. The van der Waals surface area contributed by atoms with E-state index in [1.54, 1.807) is 6.07 Å². The Bertz CT molecular complexity index is 435. The maximum atomic E-state index is 11.7. The number of hydrogen-bond donors (Lipinski definition) is 3. The van der Waals surface area contributed by atoms with Crippen molar-refractivity contribution in [1.29, 1.82) is 0 Å². The van der Waals surface area contributed by atoms with Gasteiger partial charge in [-0.3, -0.25) is 0 Å². The van der Waals surface area contributed by atoms with E-state index in [0.29, 0.717) is 26.0 Å². The highest BCUT2D eigenvalue weighted by atomic mass is 16.5. The molecule has 2 amide bonds. The van der Waals surface area contributed by atoms with Gasteiger partial charge >= 0.3 is 6.03 Å². The van der Waals surface area contributed by atoms with Crippen LogP contribution in [0.25, 0.3) is 0 Å². The quantitative estimate of drug-likeness (QED) is 0.719. The van der Waals surface area contributed by atoms with Gasteiger partial charge in [0.1, 0.15) is 5.75 Å². The summed E-state index contributed by atoms with van der Waals surface area (Å²) in [7, 11) is 0. The minimum atomic E-state index is -0.358. The lowest BCUT2D eigenvalue weighted by atomic mass is 10.2. The number of ether oxygens (including phenoxy) is 1. The lowest BCUT2D eigenvalue weighted by Crippen LogP contribution is -2.31. The third-order valence-electron chi connectivity index (χ3n) is 2.97. The molecule has 20 heavy (non-hydrogen) atoms. The van der Waals surface area contributed by atoms with Gasteiger partial charge in [0, 0.05) is 12.2 Å². The number of aryl methyl sites for hydroxylation is 1. The average Bonchev–Trinajstić information content (AvgIpc) is 2.41. The first-order chi connectivity index (χ1) is 9.56. The Hall–Kier alpha value is -1.75. The van der Waals surface area contributed by atoms with Crippen LogP contribution in [0, 0.1) is 6.92 Å². The highest BCUT2D eigenvalue weighted by Gasteiger charge is 2.05. The fourth-order valence-corrected chi connectivity index (χ4v) is 1.78. The molecule has 0 aromatic heterocycles. The standard InChI is InChI=1S/C15H24N2O3/c1-4-13(18)8-9-16-15(19)17-12-6-7-14(20-5-2)11(3)10-12/h6-7,10,13,18H,4-5,8-9H2,1-3H3,(H2,16,17,19). The summed E-state index contributed by atoms with van der Waals surface area (Å²) in [4.78, 5) is 11.7. The van der Waals surface area contributed by atoms with Crippen LogP contribution < -0.4 is 15.4 Å². The summed E-state index contributed by atoms with van der Waals surface area (Å²) in [6.07, 6.45) is 0.899. The Morgan fingerprint density at radius 3 is 2.75 bits per heavy atom. The van der Waals surface area contributed by atoms with Gasteiger partial charge in [-0.05, 0) is 50.5 Å². The van der Waals surface area contributed by atoms with Crippen molar-refractivity contribution in [2.75, 3.05) is 18.5 Å². The van der Waals surface area contributed by atoms with Crippen LogP contribution in [-0.4, -0.2) is 30.4 Å². The Balaban J connectivity index is 2.44. The molecular formula is C15H24N2O3. The van der Waals surface area contributed by atoms with Crippen molar-refractivity contribution in [1.82, 2.24) is 5.32 Å². The average molecular weight is 280 g/mol. The van der Waals surface area contributed by atoms with E-state index in [1.165, 1.54) is 0 Å². The Morgan fingerprint density at radius 1 is 1.40 bits per heavy atom. The van der Waals surface area contributed by atoms with Crippen LogP contribution in [0.5, 0.6) is 5.75 Å². The first-order valence-electron chi connectivity index (χ1n) is 7.03. The first kappa shape index (κ1) is 16.3. The lowest BCUT2D eigenvalue weighted by Gasteiger charge is -2.12. The van der Waals surface area contributed by atoms with Crippen LogP contribution in [0.2, 0.25) is 0 Å². The highest BCUT2D eigenvalue weighted by molar-refractivity contribution is 5.89. The van der Waals surface area contributed by atoms with Crippen LogP contribution in [-0.2, 0) is 0 Å². The molecule has 1 unspecified atom stereocenters. The lowest BCUT2D eigenvalue weighted by molar-refractivity contribution is 0.160. The number of aliphatic hydroxyl groups is 1. The molecule has 0 fully saturated rings. The van der Waals surface area contributed by atoms with Crippen molar-refractivity contribution in [3.05, 3.63) is 23.8 Å². The topological polar surface area (TPSA) is 70.6 Å². The molecule has 0 saturated heterocycles. The van der Waals surface area contributed by atoms with E-state index in [0.717, 1.165) is 17.0 Å². The third-order valence-corrected chi connectivity index (χ3v) is 2.97. The zero-order valence-corrected chi connectivity index (χ0v) is 12.4. The van der Waals surface area contributed by atoms with E-state index < -0.39 is 0 Å². The second kappa shape index (κ2) is 8.43. The summed E-state index contributed by atoms with van der Waals surface area (Å²) in [5.74, 6) is 0.824. The van der Waals surface area contributed by atoms with Crippen molar-refractivity contribution in [3.8, 4) is 5.75 Å². The molecule has 0 saturated carbocycles. The van der Waals surface area contributed by atoms with Gasteiger partial charge in [-0.15, -0.1) is 0 Å². The molecule has 5 heteroatoms. The molecule has 3 N–H and O–H groups in total. The maximum Gasteiger partial charge on any atom is 0.319 e. The van der Waals surface area contributed by atoms with Gasteiger partial charge in [0.2, 0.25) is 0 Å². The SMILES string of the molecule is CCOc1ccc(NC(=O)NCCC(O)CC)cc1C. The molecule has 0 spiro atoms. The summed E-state index contributed by atoms with van der Waals surface area (Å²) in [6, 6.07) is 5.25. The minimum absolute atomic E-state index is 0.267. The molecule has 0 aliphatic rings. The van der Waals surface area contributed by atoms with E-state index in [1.807, 2.05) is 32.9 Å². The normalized spacial score (nSPS) is 11.8. The summed E-state index contributed by atoms with van der Waals surface area (Å²) in [5.41, 5.74) is 1.70. The molecule has 0 aliphatic heterocycles. The monoisotopic (exact) mass is 280 g/mol. The summed E-state index contributed by atoms with van der Waals surface area (Å²) >= 11 is 0. The number of anilines is 1. The van der Waals surface area contributed by atoms with Crippen molar-refractivity contribution < 1.29 is 14.6 Å². The van der Waals surface area contributed by atoms with E-state index in [9.17, 15) is 9.90 Å². The summed E-state index contributed by atoms with van der Waals surface area (Å²) in [5, 5.41) is 14.9. The van der Waals surface area contributed by atoms with Crippen molar-refractivity contribution in [3.63, 3.8) is 0 Å². The second-order valence-electron chi connectivity index (χ2n) is 4.64. The first-order valence-corrected chi connectivity index (χ1v) is 7.03. The number of hydrogen-bond acceptors (Lipinski definition) is 3. The van der Waals surface area contributed by atoms with Crippen molar-refractivity contribution in [2.45, 2.75) is 39.7 Å². The second-order valence-corrected chi connectivity index (χ2v) is 4.64. The predicted molar refractivity (Wildman–Crippen MR) is 80.3 cm³/mol. The Morgan fingerprint density at radius 2 is 2.15 bits per heavy atom. The molecule has 112 valence electrons. The fraction of sp³-hybridized carbons (Fsp3) is 0.533. The van der Waals surface area contributed by atoms with Gasteiger partial charge in [-0.25, -0.2) is 4.79 Å². The summed E-state index contributed by atoms with van der Waals surface area (Å²) < 4.78 is 5.44. The number of urea groups is 1. The van der Waals surface area contributed by atoms with Crippen LogP contribution >= 0.6 is 0 Å².